The van der Waals surface area contributed by atoms with Crippen molar-refractivity contribution in [2.45, 2.75) is 26.8 Å². The Balaban J connectivity index is 2.16. The van der Waals surface area contributed by atoms with Gasteiger partial charge in [-0.15, -0.1) is 0 Å². The summed E-state index contributed by atoms with van der Waals surface area (Å²) in [6.45, 7) is 5.75. The zero-order valence-electron chi connectivity index (χ0n) is 9.26. The minimum Gasteiger partial charge on any atom is -0.355 e. The van der Waals surface area contributed by atoms with Gasteiger partial charge in [0.2, 0.25) is 5.91 Å². The number of aromatic nitrogens is 2. The summed E-state index contributed by atoms with van der Waals surface area (Å²) in [6, 6.07) is 0. The predicted octanol–water partition coefficient (Wildman–Crippen LogP) is 0.334. The summed E-state index contributed by atoms with van der Waals surface area (Å²) in [7, 11) is 0. The Morgan fingerprint density at radius 1 is 1.60 bits per heavy atom. The second kappa shape index (κ2) is 6.19. The molecule has 1 heterocycles. The second-order valence-electron chi connectivity index (χ2n) is 3.47. The van der Waals surface area contributed by atoms with Crippen LogP contribution in [0.1, 0.15) is 24.6 Å². The van der Waals surface area contributed by atoms with Crippen LogP contribution in [0.4, 0.5) is 0 Å². The summed E-state index contributed by atoms with van der Waals surface area (Å²) in [5.41, 5.74) is 2.13. The van der Waals surface area contributed by atoms with E-state index < -0.39 is 0 Å². The number of H-pyrrole nitrogens is 1. The molecule has 5 nitrogen and oxygen atoms in total. The van der Waals surface area contributed by atoms with Gasteiger partial charge in [0.15, 0.2) is 0 Å². The average molecular weight is 210 g/mol. The van der Waals surface area contributed by atoms with Crippen LogP contribution >= 0.6 is 0 Å². The van der Waals surface area contributed by atoms with Crippen LogP contribution in [0.25, 0.3) is 0 Å². The Bertz CT molecular complexity index is 308. The molecule has 84 valence electrons. The van der Waals surface area contributed by atoms with Crippen LogP contribution in [0.2, 0.25) is 0 Å². The summed E-state index contributed by atoms with van der Waals surface area (Å²) >= 11 is 0. The minimum absolute atomic E-state index is 0.0398. The fraction of sp³-hybridized carbons (Fsp3) is 0.600. The SMILES string of the molecule is CCCNC(=O)CNCc1cn[nH]c1C. The Kier molecular flexibility index (Phi) is 4.83. The van der Waals surface area contributed by atoms with E-state index in [9.17, 15) is 4.79 Å². The smallest absolute Gasteiger partial charge is 0.233 e. The average Bonchev–Trinajstić information content (AvgIpc) is 2.61. The maximum Gasteiger partial charge on any atom is 0.233 e. The largest absolute Gasteiger partial charge is 0.355 e. The maximum absolute atomic E-state index is 11.2. The van der Waals surface area contributed by atoms with Crippen LogP contribution in [0.15, 0.2) is 6.20 Å². The van der Waals surface area contributed by atoms with Gasteiger partial charge in [0.1, 0.15) is 0 Å². The molecule has 3 N–H and O–H groups in total. The topological polar surface area (TPSA) is 69.8 Å². The van der Waals surface area contributed by atoms with Crippen molar-refractivity contribution in [1.29, 1.82) is 0 Å². The third-order valence-corrected chi connectivity index (χ3v) is 2.11. The van der Waals surface area contributed by atoms with Crippen molar-refractivity contribution >= 4 is 5.91 Å². The highest BCUT2D eigenvalue weighted by atomic mass is 16.1. The first kappa shape index (κ1) is 11.7. The highest BCUT2D eigenvalue weighted by molar-refractivity contribution is 5.77. The van der Waals surface area contributed by atoms with Gasteiger partial charge in [0.25, 0.3) is 0 Å². The number of nitrogens with zero attached hydrogens (tertiary/aromatic N) is 1. The number of aryl methyl sites for hydroxylation is 1. The zero-order valence-corrected chi connectivity index (χ0v) is 9.26. The minimum atomic E-state index is 0.0398. The summed E-state index contributed by atoms with van der Waals surface area (Å²) in [5, 5.41) is 12.6. The van der Waals surface area contributed by atoms with Gasteiger partial charge >= 0.3 is 0 Å². The molecule has 0 saturated carbocycles. The normalized spacial score (nSPS) is 10.3. The molecule has 5 heteroatoms. The lowest BCUT2D eigenvalue weighted by molar-refractivity contribution is -0.120. The molecule has 1 amide bonds. The highest BCUT2D eigenvalue weighted by Crippen LogP contribution is 2.00. The van der Waals surface area contributed by atoms with E-state index in [0.29, 0.717) is 13.1 Å². The number of nitrogens with one attached hydrogen (secondary N) is 3. The number of hydrogen-bond acceptors (Lipinski definition) is 3. The van der Waals surface area contributed by atoms with Gasteiger partial charge in [-0.1, -0.05) is 6.92 Å². The summed E-state index contributed by atoms with van der Waals surface area (Å²) in [5.74, 6) is 0.0398. The Morgan fingerprint density at radius 3 is 3.00 bits per heavy atom. The fourth-order valence-corrected chi connectivity index (χ4v) is 1.19. The van der Waals surface area contributed by atoms with Gasteiger partial charge in [0.05, 0.1) is 12.7 Å². The Hall–Kier alpha value is -1.36. The van der Waals surface area contributed by atoms with E-state index in [1.165, 1.54) is 0 Å². The van der Waals surface area contributed by atoms with Crippen LogP contribution < -0.4 is 10.6 Å². The molecule has 0 aliphatic rings. The van der Waals surface area contributed by atoms with E-state index >= 15 is 0 Å². The molecular formula is C10H18N4O. The zero-order chi connectivity index (χ0) is 11.1. The lowest BCUT2D eigenvalue weighted by atomic mass is 10.2. The van der Waals surface area contributed by atoms with E-state index in [1.807, 2.05) is 13.8 Å². The van der Waals surface area contributed by atoms with Crippen molar-refractivity contribution in [3.8, 4) is 0 Å². The number of carbonyl (C=O) groups is 1. The maximum atomic E-state index is 11.2. The predicted molar refractivity (Wildman–Crippen MR) is 58.3 cm³/mol. The van der Waals surface area contributed by atoms with Gasteiger partial charge in [-0.05, 0) is 13.3 Å². The molecule has 15 heavy (non-hydrogen) atoms. The van der Waals surface area contributed by atoms with Gasteiger partial charge in [-0.3, -0.25) is 9.89 Å². The number of aromatic amines is 1. The molecule has 1 aromatic heterocycles. The van der Waals surface area contributed by atoms with Crippen LogP contribution in [-0.2, 0) is 11.3 Å². The number of carbonyl (C=O) groups excluding carboxylic acids is 1. The van der Waals surface area contributed by atoms with Crippen LogP contribution in [-0.4, -0.2) is 29.2 Å². The van der Waals surface area contributed by atoms with Gasteiger partial charge in [-0.25, -0.2) is 0 Å². The molecular weight excluding hydrogens is 192 g/mol. The van der Waals surface area contributed by atoms with Crippen LogP contribution in [0.5, 0.6) is 0 Å². The molecule has 0 spiro atoms. The molecule has 0 radical (unpaired) electrons. The third-order valence-electron chi connectivity index (χ3n) is 2.11. The number of amides is 1. The summed E-state index contributed by atoms with van der Waals surface area (Å²) in [4.78, 5) is 11.2. The molecule has 0 saturated heterocycles. The summed E-state index contributed by atoms with van der Waals surface area (Å²) in [6.07, 6.45) is 2.73. The van der Waals surface area contributed by atoms with E-state index in [4.69, 9.17) is 0 Å². The van der Waals surface area contributed by atoms with Crippen molar-refractivity contribution in [3.05, 3.63) is 17.5 Å². The van der Waals surface area contributed by atoms with Crippen molar-refractivity contribution in [1.82, 2.24) is 20.8 Å². The molecule has 0 fully saturated rings. The molecule has 0 bridgehead atoms. The molecule has 0 aromatic carbocycles. The fourth-order valence-electron chi connectivity index (χ4n) is 1.19. The van der Waals surface area contributed by atoms with Crippen molar-refractivity contribution in [3.63, 3.8) is 0 Å². The van der Waals surface area contributed by atoms with Crippen LogP contribution in [0.3, 0.4) is 0 Å². The molecule has 0 unspecified atom stereocenters. The van der Waals surface area contributed by atoms with Gasteiger partial charge in [0, 0.05) is 24.3 Å². The Morgan fingerprint density at radius 2 is 2.40 bits per heavy atom. The monoisotopic (exact) mass is 210 g/mol. The number of rotatable bonds is 6. The first-order chi connectivity index (χ1) is 7.24. The van der Waals surface area contributed by atoms with E-state index in [0.717, 1.165) is 24.2 Å². The van der Waals surface area contributed by atoms with E-state index in [1.54, 1.807) is 6.20 Å². The van der Waals surface area contributed by atoms with Gasteiger partial charge < -0.3 is 10.6 Å². The van der Waals surface area contributed by atoms with Crippen molar-refractivity contribution in [2.75, 3.05) is 13.1 Å². The molecule has 0 atom stereocenters. The van der Waals surface area contributed by atoms with E-state index in [2.05, 4.69) is 20.8 Å². The Labute approximate surface area is 89.6 Å². The lowest BCUT2D eigenvalue weighted by Gasteiger charge is -2.04. The molecule has 1 rings (SSSR count). The second-order valence-corrected chi connectivity index (χ2v) is 3.47. The molecule has 0 aliphatic carbocycles. The quantitative estimate of drug-likeness (QED) is 0.634. The first-order valence-corrected chi connectivity index (χ1v) is 5.20. The number of hydrogen-bond donors (Lipinski definition) is 3. The van der Waals surface area contributed by atoms with Crippen LogP contribution in [0, 0.1) is 6.92 Å². The first-order valence-electron chi connectivity index (χ1n) is 5.20. The van der Waals surface area contributed by atoms with Crippen molar-refractivity contribution in [2.24, 2.45) is 0 Å². The molecule has 0 aliphatic heterocycles. The highest BCUT2D eigenvalue weighted by Gasteiger charge is 2.02. The standard InChI is InChI=1S/C10H18N4O/c1-3-4-12-10(15)7-11-5-9-6-13-14-8(9)2/h6,11H,3-5,7H2,1-2H3,(H,12,15)(H,13,14). The van der Waals surface area contributed by atoms with Gasteiger partial charge in [-0.2, -0.15) is 5.10 Å². The van der Waals surface area contributed by atoms with Crippen molar-refractivity contribution < 1.29 is 4.79 Å². The molecule has 1 aromatic rings. The third kappa shape index (κ3) is 4.12. The lowest BCUT2D eigenvalue weighted by Crippen LogP contribution is -2.33. The van der Waals surface area contributed by atoms with E-state index in [-0.39, 0.29) is 5.91 Å². The summed E-state index contributed by atoms with van der Waals surface area (Å²) < 4.78 is 0.